The fourth-order valence-corrected chi connectivity index (χ4v) is 5.32. The Labute approximate surface area is 140 Å². The van der Waals surface area contributed by atoms with Gasteiger partial charge in [-0.2, -0.15) is 0 Å². The number of Topliss-reactive ketones (excluding diaryl/α,β-unsaturated/α-hetero) is 1. The molecule has 1 unspecified atom stereocenters. The van der Waals surface area contributed by atoms with Gasteiger partial charge in [-0.1, -0.05) is 13.8 Å². The molecule has 0 N–H and O–H groups in total. The number of ether oxygens (including phenoxy) is 2. The number of fused-ring (bicyclic) bond motifs is 1. The highest BCUT2D eigenvalue weighted by Crippen LogP contribution is 2.43. The minimum atomic E-state index is -1.73. The van der Waals surface area contributed by atoms with Crippen molar-refractivity contribution >= 4 is 39.9 Å². The third-order valence-corrected chi connectivity index (χ3v) is 6.53. The van der Waals surface area contributed by atoms with Crippen molar-refractivity contribution < 1.29 is 28.1 Å². The SMILES string of the molecule is COC(=O)CS(=O)c1sc(C(=O)OC)c2c1C(=O)CC(C)(C)C2. The average molecular weight is 358 g/mol. The molecule has 1 aliphatic carbocycles. The van der Waals surface area contributed by atoms with Crippen molar-refractivity contribution in [2.24, 2.45) is 5.41 Å². The van der Waals surface area contributed by atoms with E-state index < -0.39 is 22.7 Å². The van der Waals surface area contributed by atoms with Crippen LogP contribution in [0.5, 0.6) is 0 Å². The molecule has 2 rings (SSSR count). The zero-order valence-electron chi connectivity index (χ0n) is 13.4. The topological polar surface area (TPSA) is 86.7 Å². The summed E-state index contributed by atoms with van der Waals surface area (Å²) in [5, 5.41) is 0. The van der Waals surface area contributed by atoms with Crippen LogP contribution >= 0.6 is 11.3 Å². The molecule has 0 saturated heterocycles. The first-order valence-electron chi connectivity index (χ1n) is 6.92. The number of rotatable bonds is 4. The predicted molar refractivity (Wildman–Crippen MR) is 85.4 cm³/mol. The number of carbonyl (C=O) groups is 3. The van der Waals surface area contributed by atoms with Crippen LogP contribution in [0.25, 0.3) is 0 Å². The number of esters is 2. The van der Waals surface area contributed by atoms with Gasteiger partial charge < -0.3 is 9.47 Å². The van der Waals surface area contributed by atoms with Gasteiger partial charge in [-0.05, 0) is 17.4 Å². The van der Waals surface area contributed by atoms with E-state index in [1.165, 1.54) is 14.2 Å². The smallest absolute Gasteiger partial charge is 0.348 e. The van der Waals surface area contributed by atoms with Gasteiger partial charge in [0, 0.05) is 12.0 Å². The summed E-state index contributed by atoms with van der Waals surface area (Å²) in [6.07, 6.45) is 0.824. The summed E-state index contributed by atoms with van der Waals surface area (Å²) < 4.78 is 22.0. The molecule has 1 aliphatic rings. The third kappa shape index (κ3) is 3.53. The Kier molecular flexibility index (Phi) is 5.05. The molecule has 0 bridgehead atoms. The summed E-state index contributed by atoms with van der Waals surface area (Å²) in [4.78, 5) is 36.2. The number of methoxy groups -OCH3 is 2. The second-order valence-electron chi connectivity index (χ2n) is 6.07. The Bertz CT molecular complexity index is 701. The molecule has 6 nitrogen and oxygen atoms in total. The highest BCUT2D eigenvalue weighted by molar-refractivity contribution is 7.88. The van der Waals surface area contributed by atoms with Crippen LogP contribution in [0.4, 0.5) is 0 Å². The molecule has 1 aromatic rings. The van der Waals surface area contributed by atoms with E-state index in [2.05, 4.69) is 4.74 Å². The lowest BCUT2D eigenvalue weighted by atomic mass is 9.74. The summed E-state index contributed by atoms with van der Waals surface area (Å²) >= 11 is 0.970. The first-order chi connectivity index (χ1) is 10.7. The number of hydrogen-bond donors (Lipinski definition) is 0. The molecule has 1 heterocycles. The lowest BCUT2D eigenvalue weighted by molar-refractivity contribution is -0.137. The molecular formula is C15H18O6S2. The van der Waals surface area contributed by atoms with Gasteiger partial charge in [0.05, 0.1) is 25.0 Å². The summed E-state index contributed by atoms with van der Waals surface area (Å²) in [5.74, 6) is -1.69. The summed E-state index contributed by atoms with van der Waals surface area (Å²) in [7, 11) is 0.734. The van der Waals surface area contributed by atoms with Gasteiger partial charge in [0.1, 0.15) is 14.8 Å². The Hall–Kier alpha value is -1.54. The Morgan fingerprint density at radius 1 is 1.22 bits per heavy atom. The van der Waals surface area contributed by atoms with Crippen LogP contribution in [0.3, 0.4) is 0 Å². The van der Waals surface area contributed by atoms with Crippen LogP contribution < -0.4 is 0 Å². The van der Waals surface area contributed by atoms with Crippen LogP contribution in [0.1, 0.15) is 45.9 Å². The molecule has 0 saturated carbocycles. The van der Waals surface area contributed by atoms with Crippen molar-refractivity contribution in [3.8, 4) is 0 Å². The molecule has 0 amide bonds. The molecule has 0 aliphatic heterocycles. The second kappa shape index (κ2) is 6.52. The van der Waals surface area contributed by atoms with E-state index in [0.29, 0.717) is 24.0 Å². The average Bonchev–Trinajstić information content (AvgIpc) is 2.84. The van der Waals surface area contributed by atoms with E-state index in [4.69, 9.17) is 4.74 Å². The molecule has 0 fully saturated rings. The van der Waals surface area contributed by atoms with Crippen LogP contribution in [0.2, 0.25) is 0 Å². The summed E-state index contributed by atoms with van der Waals surface area (Å²) in [5.41, 5.74) is 0.614. The molecule has 0 spiro atoms. The maximum absolute atomic E-state index is 12.5. The number of hydrogen-bond acceptors (Lipinski definition) is 7. The van der Waals surface area contributed by atoms with E-state index in [1.54, 1.807) is 0 Å². The van der Waals surface area contributed by atoms with Gasteiger partial charge in [-0.25, -0.2) is 4.79 Å². The Balaban J connectivity index is 2.55. The first-order valence-corrected chi connectivity index (χ1v) is 9.06. The number of ketones is 1. The highest BCUT2D eigenvalue weighted by atomic mass is 32.2. The predicted octanol–water partition coefficient (Wildman–Crippen LogP) is 1.97. The van der Waals surface area contributed by atoms with Gasteiger partial charge >= 0.3 is 11.9 Å². The van der Waals surface area contributed by atoms with Crippen molar-refractivity contribution in [3.05, 3.63) is 16.0 Å². The van der Waals surface area contributed by atoms with E-state index in [0.717, 1.165) is 11.3 Å². The minimum absolute atomic E-state index is 0.157. The maximum Gasteiger partial charge on any atom is 0.348 e. The standard InChI is InChI=1S/C15H18O6S2/c1-15(2)5-8-11(9(16)6-15)14(22-12(8)13(18)21-4)23(19)7-10(17)20-3/h5-7H2,1-4H3. The van der Waals surface area contributed by atoms with Crippen LogP contribution in [0, 0.1) is 5.41 Å². The zero-order chi connectivity index (χ0) is 17.4. The number of thiophene rings is 1. The fraction of sp³-hybridized carbons (Fsp3) is 0.533. The molecule has 23 heavy (non-hydrogen) atoms. The van der Waals surface area contributed by atoms with Crippen molar-refractivity contribution in [1.82, 2.24) is 0 Å². The van der Waals surface area contributed by atoms with Gasteiger partial charge in [0.2, 0.25) is 0 Å². The lowest BCUT2D eigenvalue weighted by Gasteiger charge is -2.29. The van der Waals surface area contributed by atoms with Gasteiger partial charge in [0.15, 0.2) is 5.78 Å². The van der Waals surface area contributed by atoms with Gasteiger partial charge in [0.25, 0.3) is 0 Å². The molecule has 0 radical (unpaired) electrons. The first kappa shape index (κ1) is 17.8. The zero-order valence-corrected chi connectivity index (χ0v) is 15.0. The van der Waals surface area contributed by atoms with E-state index >= 15 is 0 Å². The highest BCUT2D eigenvalue weighted by Gasteiger charge is 2.39. The molecule has 1 aromatic heterocycles. The van der Waals surface area contributed by atoms with Crippen LogP contribution in [-0.4, -0.2) is 41.9 Å². The van der Waals surface area contributed by atoms with E-state index in [9.17, 15) is 18.6 Å². The molecule has 8 heteroatoms. The lowest BCUT2D eigenvalue weighted by Crippen LogP contribution is -2.28. The monoisotopic (exact) mass is 358 g/mol. The quantitative estimate of drug-likeness (QED) is 0.765. The van der Waals surface area contributed by atoms with Crippen molar-refractivity contribution in [1.29, 1.82) is 0 Å². The van der Waals surface area contributed by atoms with Crippen molar-refractivity contribution in [2.45, 2.75) is 30.9 Å². The molecule has 126 valence electrons. The summed E-state index contributed by atoms with van der Waals surface area (Å²) in [6, 6.07) is 0. The fourth-order valence-electron chi connectivity index (χ4n) is 2.61. The van der Waals surface area contributed by atoms with Crippen molar-refractivity contribution in [2.75, 3.05) is 20.0 Å². The van der Waals surface area contributed by atoms with Gasteiger partial charge in [-0.3, -0.25) is 13.8 Å². The van der Waals surface area contributed by atoms with Gasteiger partial charge in [-0.15, -0.1) is 11.3 Å². The van der Waals surface area contributed by atoms with Crippen molar-refractivity contribution in [3.63, 3.8) is 0 Å². The number of carbonyl (C=O) groups excluding carboxylic acids is 3. The normalized spacial score (nSPS) is 17.3. The summed E-state index contributed by atoms with van der Waals surface area (Å²) in [6.45, 7) is 3.88. The third-order valence-electron chi connectivity index (χ3n) is 3.60. The van der Waals surface area contributed by atoms with E-state index in [-0.39, 0.29) is 26.0 Å². The maximum atomic E-state index is 12.5. The van der Waals surface area contributed by atoms with E-state index in [1.807, 2.05) is 13.8 Å². The van der Waals surface area contributed by atoms with Crippen LogP contribution in [-0.2, 0) is 31.5 Å². The molecule has 1 atom stereocenters. The Morgan fingerprint density at radius 3 is 2.43 bits per heavy atom. The molecule has 0 aromatic carbocycles. The second-order valence-corrected chi connectivity index (χ2v) is 8.74. The van der Waals surface area contributed by atoms with Crippen LogP contribution in [0.15, 0.2) is 4.21 Å². The molecular weight excluding hydrogens is 340 g/mol. The Morgan fingerprint density at radius 2 is 1.87 bits per heavy atom. The minimum Gasteiger partial charge on any atom is -0.468 e. The largest absolute Gasteiger partial charge is 0.468 e.